The van der Waals surface area contributed by atoms with Crippen LogP contribution in [0.2, 0.25) is 0 Å². The van der Waals surface area contributed by atoms with Gasteiger partial charge in [0.05, 0.1) is 0 Å². The number of carbonyl (C=O) groups excluding carboxylic acids is 1. The Hall–Kier alpha value is -2.68. The van der Waals surface area contributed by atoms with E-state index in [4.69, 9.17) is 4.74 Å². The summed E-state index contributed by atoms with van der Waals surface area (Å²) in [6.07, 6.45) is 1.78. The molecule has 0 N–H and O–H groups in total. The summed E-state index contributed by atoms with van der Waals surface area (Å²) in [7, 11) is 0. The highest BCUT2D eigenvalue weighted by Crippen LogP contribution is 2.22. The van der Waals surface area contributed by atoms with Crippen molar-refractivity contribution in [1.29, 1.82) is 0 Å². The molecule has 0 radical (unpaired) electrons. The number of carbonyl (C=O) groups is 1. The summed E-state index contributed by atoms with van der Waals surface area (Å²) in [5, 5.41) is 0. The van der Waals surface area contributed by atoms with Crippen molar-refractivity contribution in [3.63, 3.8) is 0 Å². The van der Waals surface area contributed by atoms with Crippen molar-refractivity contribution < 1.29 is 9.53 Å². The highest BCUT2D eigenvalue weighted by atomic mass is 16.6. The van der Waals surface area contributed by atoms with Gasteiger partial charge in [-0.3, -0.25) is 0 Å². The number of aryl methyl sites for hydroxylation is 3. The third-order valence-electron chi connectivity index (χ3n) is 3.71. The summed E-state index contributed by atoms with van der Waals surface area (Å²) in [5.41, 5.74) is 5.50. The normalized spacial score (nSPS) is 15.9. The molecule has 0 amide bonds. The summed E-state index contributed by atoms with van der Waals surface area (Å²) >= 11 is 0. The minimum Gasteiger partial charge on any atom is -0.402 e. The van der Waals surface area contributed by atoms with E-state index in [0.717, 1.165) is 22.3 Å². The summed E-state index contributed by atoms with van der Waals surface area (Å²) in [6, 6.07) is 13.8. The molecule has 3 rings (SSSR count). The van der Waals surface area contributed by atoms with Gasteiger partial charge in [0.2, 0.25) is 5.90 Å². The fourth-order valence-electron chi connectivity index (χ4n) is 2.47. The molecule has 3 nitrogen and oxygen atoms in total. The number of ether oxygens (including phenoxy) is 1. The van der Waals surface area contributed by atoms with Crippen LogP contribution in [0.5, 0.6) is 0 Å². The van der Waals surface area contributed by atoms with Crippen molar-refractivity contribution in [3.8, 4) is 0 Å². The highest BCUT2D eigenvalue weighted by molar-refractivity contribution is 6.13. The molecule has 0 saturated carbocycles. The van der Waals surface area contributed by atoms with E-state index in [1.165, 1.54) is 5.56 Å². The molecule has 2 aromatic carbocycles. The molecule has 22 heavy (non-hydrogen) atoms. The number of cyclic esters (lactones) is 1. The zero-order valence-electron chi connectivity index (χ0n) is 12.9. The number of esters is 1. The first-order valence-electron chi connectivity index (χ1n) is 7.20. The molecular weight excluding hydrogens is 274 g/mol. The molecular formula is C19H17NO2. The first kappa shape index (κ1) is 14.3. The van der Waals surface area contributed by atoms with Crippen LogP contribution < -0.4 is 0 Å². The first-order valence-corrected chi connectivity index (χ1v) is 7.20. The minimum absolute atomic E-state index is 0.338. The van der Waals surface area contributed by atoms with E-state index < -0.39 is 5.97 Å². The average Bonchev–Trinajstić information content (AvgIpc) is 2.83. The molecule has 1 heterocycles. The number of rotatable bonds is 2. The highest BCUT2D eigenvalue weighted by Gasteiger charge is 2.25. The van der Waals surface area contributed by atoms with Gasteiger partial charge in [0.15, 0.2) is 5.70 Å². The number of hydrogen-bond donors (Lipinski definition) is 0. The molecule has 1 aliphatic rings. The summed E-state index contributed by atoms with van der Waals surface area (Å²) in [5.74, 6) is -0.0302. The first-order chi connectivity index (χ1) is 10.5. The molecule has 2 aromatic rings. The van der Waals surface area contributed by atoms with Crippen molar-refractivity contribution in [2.45, 2.75) is 20.8 Å². The van der Waals surface area contributed by atoms with Gasteiger partial charge < -0.3 is 4.74 Å². The van der Waals surface area contributed by atoms with Crippen LogP contribution >= 0.6 is 0 Å². The second-order valence-electron chi connectivity index (χ2n) is 5.51. The van der Waals surface area contributed by atoms with Crippen LogP contribution in [-0.4, -0.2) is 11.9 Å². The van der Waals surface area contributed by atoms with Gasteiger partial charge in [0.1, 0.15) is 0 Å². The molecule has 0 unspecified atom stereocenters. The SMILES string of the molecule is Cc1ccc(/C=C2\N=C(c3ccccc3C)OC2=O)c(C)c1. The van der Waals surface area contributed by atoms with Crippen molar-refractivity contribution in [3.05, 3.63) is 76.0 Å². The molecule has 0 aliphatic carbocycles. The van der Waals surface area contributed by atoms with Gasteiger partial charge >= 0.3 is 5.97 Å². The van der Waals surface area contributed by atoms with Gasteiger partial charge in [-0.15, -0.1) is 0 Å². The van der Waals surface area contributed by atoms with E-state index in [2.05, 4.69) is 11.1 Å². The molecule has 0 saturated heterocycles. The largest absolute Gasteiger partial charge is 0.402 e. The van der Waals surface area contributed by atoms with E-state index in [1.54, 1.807) is 6.08 Å². The molecule has 0 atom stereocenters. The van der Waals surface area contributed by atoms with Crippen molar-refractivity contribution in [2.24, 2.45) is 4.99 Å². The van der Waals surface area contributed by atoms with E-state index in [0.29, 0.717) is 11.6 Å². The molecule has 0 spiro atoms. The van der Waals surface area contributed by atoms with Gasteiger partial charge in [-0.05, 0) is 49.6 Å². The molecule has 110 valence electrons. The van der Waals surface area contributed by atoms with Gasteiger partial charge in [-0.25, -0.2) is 9.79 Å². The molecule has 3 heteroatoms. The van der Waals surface area contributed by atoms with E-state index in [-0.39, 0.29) is 0 Å². The Morgan fingerprint density at radius 1 is 1.00 bits per heavy atom. The zero-order chi connectivity index (χ0) is 15.7. The van der Waals surface area contributed by atoms with E-state index in [1.807, 2.05) is 57.2 Å². The topological polar surface area (TPSA) is 38.7 Å². The van der Waals surface area contributed by atoms with Gasteiger partial charge in [0, 0.05) is 5.56 Å². The smallest absolute Gasteiger partial charge is 0.363 e. The van der Waals surface area contributed by atoms with Crippen molar-refractivity contribution in [1.82, 2.24) is 0 Å². The zero-order valence-corrected chi connectivity index (χ0v) is 12.9. The monoisotopic (exact) mass is 291 g/mol. The molecule has 1 aliphatic heterocycles. The van der Waals surface area contributed by atoms with Crippen molar-refractivity contribution in [2.75, 3.05) is 0 Å². The fraction of sp³-hybridized carbons (Fsp3) is 0.158. The minimum atomic E-state index is -0.404. The van der Waals surface area contributed by atoms with E-state index >= 15 is 0 Å². The summed E-state index contributed by atoms with van der Waals surface area (Å²) in [4.78, 5) is 16.4. The lowest BCUT2D eigenvalue weighted by Gasteiger charge is -2.02. The standard InChI is InChI=1S/C19H17NO2/c1-12-8-9-15(14(3)10-12)11-17-19(21)22-18(20-17)16-7-5-4-6-13(16)2/h4-11H,1-3H3/b17-11-. The summed E-state index contributed by atoms with van der Waals surface area (Å²) < 4.78 is 5.32. The third kappa shape index (κ3) is 2.70. The lowest BCUT2D eigenvalue weighted by Crippen LogP contribution is -2.06. The Kier molecular flexibility index (Phi) is 3.63. The second-order valence-corrected chi connectivity index (χ2v) is 5.51. The lowest BCUT2D eigenvalue weighted by atomic mass is 10.0. The fourth-order valence-corrected chi connectivity index (χ4v) is 2.47. The van der Waals surface area contributed by atoms with Crippen LogP contribution in [0, 0.1) is 20.8 Å². The third-order valence-corrected chi connectivity index (χ3v) is 3.71. The number of hydrogen-bond acceptors (Lipinski definition) is 3. The van der Waals surface area contributed by atoms with Crippen LogP contribution in [0.3, 0.4) is 0 Å². The van der Waals surface area contributed by atoms with Crippen LogP contribution in [0.15, 0.2) is 53.2 Å². The Morgan fingerprint density at radius 3 is 2.50 bits per heavy atom. The van der Waals surface area contributed by atoms with Crippen LogP contribution in [-0.2, 0) is 9.53 Å². The molecule has 0 fully saturated rings. The number of benzene rings is 2. The van der Waals surface area contributed by atoms with Crippen LogP contribution in [0.25, 0.3) is 6.08 Å². The average molecular weight is 291 g/mol. The molecule has 0 bridgehead atoms. The Balaban J connectivity index is 2.00. The Morgan fingerprint density at radius 2 is 1.77 bits per heavy atom. The number of nitrogens with zero attached hydrogens (tertiary/aromatic N) is 1. The van der Waals surface area contributed by atoms with Gasteiger partial charge in [-0.1, -0.05) is 42.0 Å². The lowest BCUT2D eigenvalue weighted by molar-refractivity contribution is -0.129. The molecule has 0 aromatic heterocycles. The Bertz CT molecular complexity index is 816. The van der Waals surface area contributed by atoms with Crippen LogP contribution in [0.1, 0.15) is 27.8 Å². The Labute approximate surface area is 130 Å². The van der Waals surface area contributed by atoms with Gasteiger partial charge in [0.25, 0.3) is 0 Å². The summed E-state index contributed by atoms with van der Waals surface area (Å²) in [6.45, 7) is 6.03. The predicted octanol–water partition coefficient (Wildman–Crippen LogP) is 3.96. The van der Waals surface area contributed by atoms with Gasteiger partial charge in [-0.2, -0.15) is 0 Å². The number of aliphatic imine (C=N–C) groups is 1. The maximum Gasteiger partial charge on any atom is 0.363 e. The maximum absolute atomic E-state index is 12.0. The quantitative estimate of drug-likeness (QED) is 0.620. The van der Waals surface area contributed by atoms with Crippen molar-refractivity contribution >= 4 is 17.9 Å². The van der Waals surface area contributed by atoms with Crippen LogP contribution in [0.4, 0.5) is 0 Å². The maximum atomic E-state index is 12.0. The second kappa shape index (κ2) is 5.60. The predicted molar refractivity (Wildman–Crippen MR) is 87.7 cm³/mol. The van der Waals surface area contributed by atoms with E-state index in [9.17, 15) is 4.79 Å².